The van der Waals surface area contributed by atoms with Gasteiger partial charge in [0.25, 0.3) is 0 Å². The molecule has 10 heteroatoms. The third-order valence-corrected chi connectivity index (χ3v) is 4.63. The normalized spacial score (nSPS) is 10.6. The molecule has 1 heterocycles. The number of carbonyl (C=O) groups is 1. The van der Waals surface area contributed by atoms with Crippen LogP contribution < -0.4 is 10.6 Å². The summed E-state index contributed by atoms with van der Waals surface area (Å²) in [6.45, 7) is 0. The van der Waals surface area contributed by atoms with Gasteiger partial charge >= 0.3 is 6.03 Å². The smallest absolute Gasteiger partial charge is 0.308 e. The molecule has 26 heavy (non-hydrogen) atoms. The van der Waals surface area contributed by atoms with Gasteiger partial charge in [-0.3, -0.25) is 10.4 Å². The van der Waals surface area contributed by atoms with Gasteiger partial charge in [-0.1, -0.05) is 52.5 Å². The second-order valence-corrected chi connectivity index (χ2v) is 6.88. The number of hydrogen-bond acceptors (Lipinski definition) is 3. The number of halogens is 4. The van der Waals surface area contributed by atoms with Gasteiger partial charge in [0.2, 0.25) is 5.95 Å². The standard InChI is InChI=1S/C16H11Cl4N5O/c17-9-2-1-8(12(19)6-9)5-14-22-15(25-24-14)23-16(26)21-10-3-4-11(18)13(20)7-10/h1-4,6-7H,5H2,(H3,21,22,23,24,25,26). The monoisotopic (exact) mass is 429 g/mol. The van der Waals surface area contributed by atoms with Crippen LogP contribution in [0.2, 0.25) is 20.1 Å². The average molecular weight is 431 g/mol. The Bertz CT molecular complexity index is 960. The first-order valence-corrected chi connectivity index (χ1v) is 8.80. The highest BCUT2D eigenvalue weighted by molar-refractivity contribution is 6.42. The first-order valence-electron chi connectivity index (χ1n) is 7.29. The molecule has 2 aromatic carbocycles. The van der Waals surface area contributed by atoms with Crippen LogP contribution in [0.25, 0.3) is 0 Å². The van der Waals surface area contributed by atoms with Crippen molar-refractivity contribution >= 4 is 64.1 Å². The van der Waals surface area contributed by atoms with Gasteiger partial charge in [0.1, 0.15) is 5.82 Å². The first-order chi connectivity index (χ1) is 12.4. The van der Waals surface area contributed by atoms with E-state index in [0.29, 0.717) is 38.0 Å². The van der Waals surface area contributed by atoms with Crippen LogP contribution in [-0.4, -0.2) is 21.2 Å². The minimum absolute atomic E-state index is 0.127. The number of urea groups is 1. The zero-order valence-electron chi connectivity index (χ0n) is 13.0. The second kappa shape index (κ2) is 8.14. The molecule has 0 unspecified atom stereocenters. The van der Waals surface area contributed by atoms with Gasteiger partial charge in [-0.25, -0.2) is 4.79 Å². The highest BCUT2D eigenvalue weighted by Crippen LogP contribution is 2.25. The molecule has 134 valence electrons. The third kappa shape index (κ3) is 4.80. The molecule has 0 saturated carbocycles. The largest absolute Gasteiger partial charge is 0.326 e. The van der Waals surface area contributed by atoms with Crippen molar-refractivity contribution in [3.05, 3.63) is 67.9 Å². The van der Waals surface area contributed by atoms with Crippen LogP contribution >= 0.6 is 46.4 Å². The predicted octanol–water partition coefficient (Wildman–Crippen LogP) is 5.65. The number of H-pyrrole nitrogens is 1. The lowest BCUT2D eigenvalue weighted by molar-refractivity contribution is 0.262. The number of aromatic nitrogens is 3. The molecule has 0 spiro atoms. The van der Waals surface area contributed by atoms with Crippen LogP contribution in [0.15, 0.2) is 36.4 Å². The van der Waals surface area contributed by atoms with E-state index < -0.39 is 6.03 Å². The molecule has 3 aromatic rings. The van der Waals surface area contributed by atoms with E-state index in [4.69, 9.17) is 46.4 Å². The molecule has 0 radical (unpaired) electrons. The fraction of sp³-hybridized carbons (Fsp3) is 0.0625. The number of anilines is 2. The first kappa shape index (κ1) is 18.8. The summed E-state index contributed by atoms with van der Waals surface area (Å²) in [6, 6.07) is 9.42. The Morgan fingerprint density at radius 3 is 2.50 bits per heavy atom. The molecule has 0 saturated heterocycles. The number of hydrogen-bond donors (Lipinski definition) is 3. The van der Waals surface area contributed by atoms with Crippen molar-refractivity contribution in [2.45, 2.75) is 6.42 Å². The molecule has 0 atom stereocenters. The Kier molecular flexibility index (Phi) is 5.88. The van der Waals surface area contributed by atoms with E-state index in [2.05, 4.69) is 25.8 Å². The van der Waals surface area contributed by atoms with E-state index >= 15 is 0 Å². The van der Waals surface area contributed by atoms with Crippen molar-refractivity contribution in [2.75, 3.05) is 10.6 Å². The molecule has 0 aliphatic rings. The lowest BCUT2D eigenvalue weighted by Gasteiger charge is -2.06. The minimum Gasteiger partial charge on any atom is -0.308 e. The summed E-state index contributed by atoms with van der Waals surface area (Å²) >= 11 is 23.8. The van der Waals surface area contributed by atoms with Crippen LogP contribution in [0, 0.1) is 0 Å². The third-order valence-electron chi connectivity index (χ3n) is 3.31. The van der Waals surface area contributed by atoms with E-state index in [1.54, 1.807) is 30.3 Å². The molecule has 1 aromatic heterocycles. The molecular formula is C16H11Cl4N5O. The Balaban J connectivity index is 1.62. The van der Waals surface area contributed by atoms with E-state index in [0.717, 1.165) is 5.56 Å². The summed E-state index contributed by atoms with van der Waals surface area (Å²) in [5.74, 6) is 0.668. The zero-order chi connectivity index (χ0) is 18.7. The molecule has 3 rings (SSSR count). The lowest BCUT2D eigenvalue weighted by Crippen LogP contribution is -2.20. The van der Waals surface area contributed by atoms with E-state index in [1.165, 1.54) is 6.07 Å². The van der Waals surface area contributed by atoms with Crippen LogP contribution in [0.1, 0.15) is 11.4 Å². The van der Waals surface area contributed by atoms with Crippen molar-refractivity contribution in [1.82, 2.24) is 15.2 Å². The van der Waals surface area contributed by atoms with Gasteiger partial charge in [0, 0.05) is 22.2 Å². The number of rotatable bonds is 4. The van der Waals surface area contributed by atoms with E-state index in [1.807, 2.05) is 0 Å². The molecule has 6 nitrogen and oxygen atoms in total. The average Bonchev–Trinajstić information content (AvgIpc) is 3.00. The molecular weight excluding hydrogens is 420 g/mol. The summed E-state index contributed by atoms with van der Waals surface area (Å²) in [6.07, 6.45) is 0.416. The molecule has 0 bridgehead atoms. The Hall–Kier alpha value is -1.99. The maximum absolute atomic E-state index is 12.0. The SMILES string of the molecule is O=C(Nc1ccc(Cl)c(Cl)c1)Nc1n[nH]c(Cc2ccc(Cl)cc2Cl)n1. The highest BCUT2D eigenvalue weighted by atomic mass is 35.5. The van der Waals surface area contributed by atoms with Gasteiger partial charge in [-0.05, 0) is 35.9 Å². The topological polar surface area (TPSA) is 82.7 Å². The number of amides is 2. The second-order valence-electron chi connectivity index (χ2n) is 5.23. The van der Waals surface area contributed by atoms with Gasteiger partial charge in [0.05, 0.1) is 10.0 Å². The molecule has 0 fully saturated rings. The summed E-state index contributed by atoms with van der Waals surface area (Å²) in [7, 11) is 0. The summed E-state index contributed by atoms with van der Waals surface area (Å²) in [5.41, 5.74) is 1.32. The maximum Gasteiger partial charge on any atom is 0.326 e. The molecule has 0 aliphatic heterocycles. The molecule has 0 aliphatic carbocycles. The number of benzene rings is 2. The van der Waals surface area contributed by atoms with Crippen molar-refractivity contribution in [1.29, 1.82) is 0 Å². The van der Waals surface area contributed by atoms with Crippen molar-refractivity contribution < 1.29 is 4.79 Å². The van der Waals surface area contributed by atoms with Crippen molar-refractivity contribution in [2.24, 2.45) is 0 Å². The van der Waals surface area contributed by atoms with Crippen LogP contribution in [0.3, 0.4) is 0 Å². The zero-order valence-corrected chi connectivity index (χ0v) is 16.0. The Labute approximate surface area is 168 Å². The summed E-state index contributed by atoms with van der Waals surface area (Å²) in [4.78, 5) is 16.2. The highest BCUT2D eigenvalue weighted by Gasteiger charge is 2.10. The predicted molar refractivity (Wildman–Crippen MR) is 105 cm³/mol. The quantitative estimate of drug-likeness (QED) is 0.499. The Morgan fingerprint density at radius 2 is 1.77 bits per heavy atom. The maximum atomic E-state index is 12.0. The number of aromatic amines is 1. The molecule has 3 N–H and O–H groups in total. The van der Waals surface area contributed by atoms with Gasteiger partial charge in [-0.15, -0.1) is 5.10 Å². The summed E-state index contributed by atoms with van der Waals surface area (Å²) in [5, 5.41) is 13.6. The lowest BCUT2D eigenvalue weighted by atomic mass is 10.1. The van der Waals surface area contributed by atoms with Gasteiger partial charge in [0.15, 0.2) is 0 Å². The minimum atomic E-state index is -0.515. The number of nitrogens with zero attached hydrogens (tertiary/aromatic N) is 2. The van der Waals surface area contributed by atoms with E-state index in [9.17, 15) is 4.79 Å². The molecule has 2 amide bonds. The van der Waals surface area contributed by atoms with Gasteiger partial charge in [-0.2, -0.15) is 4.98 Å². The van der Waals surface area contributed by atoms with Crippen molar-refractivity contribution in [3.8, 4) is 0 Å². The van der Waals surface area contributed by atoms with Crippen molar-refractivity contribution in [3.63, 3.8) is 0 Å². The number of carbonyl (C=O) groups excluding carboxylic acids is 1. The number of nitrogens with one attached hydrogen (secondary N) is 3. The fourth-order valence-corrected chi connectivity index (χ4v) is 2.89. The summed E-state index contributed by atoms with van der Waals surface area (Å²) < 4.78 is 0. The van der Waals surface area contributed by atoms with Gasteiger partial charge < -0.3 is 5.32 Å². The Morgan fingerprint density at radius 1 is 0.962 bits per heavy atom. The fourth-order valence-electron chi connectivity index (χ4n) is 2.11. The van der Waals surface area contributed by atoms with E-state index in [-0.39, 0.29) is 5.95 Å². The van der Waals surface area contributed by atoms with Crippen LogP contribution in [0.4, 0.5) is 16.4 Å². The van der Waals surface area contributed by atoms with Crippen LogP contribution in [-0.2, 0) is 6.42 Å². The van der Waals surface area contributed by atoms with Crippen LogP contribution in [0.5, 0.6) is 0 Å².